The Morgan fingerprint density at radius 1 is 1.00 bits per heavy atom. The molecular formula is C33H34N6O3. The van der Waals surface area contributed by atoms with E-state index in [1.807, 2.05) is 34.9 Å². The van der Waals surface area contributed by atoms with Gasteiger partial charge in [-0.3, -0.25) is 9.36 Å². The van der Waals surface area contributed by atoms with Crippen LogP contribution in [-0.4, -0.2) is 49.7 Å². The quantitative estimate of drug-likeness (QED) is 0.229. The number of benzene rings is 2. The molecule has 0 aliphatic heterocycles. The topological polar surface area (TPSA) is 97.0 Å². The van der Waals surface area contributed by atoms with Crippen LogP contribution < -0.4 is 4.74 Å². The van der Waals surface area contributed by atoms with Crippen LogP contribution in [0.5, 0.6) is 5.75 Å². The molecule has 42 heavy (non-hydrogen) atoms. The summed E-state index contributed by atoms with van der Waals surface area (Å²) in [7, 11) is 4.94. The highest BCUT2D eigenvalue weighted by atomic mass is 16.5. The number of nitrogens with zero attached hydrogens (tertiary/aromatic N) is 6. The molecular weight excluding hydrogens is 528 g/mol. The molecule has 2 aromatic carbocycles. The third-order valence-corrected chi connectivity index (χ3v) is 7.64. The van der Waals surface area contributed by atoms with Crippen LogP contribution >= 0.6 is 0 Å². The summed E-state index contributed by atoms with van der Waals surface area (Å²) in [5.41, 5.74) is 9.82. The molecule has 1 aliphatic carbocycles. The molecule has 5 aromatic rings. The zero-order valence-electron chi connectivity index (χ0n) is 24.6. The summed E-state index contributed by atoms with van der Waals surface area (Å²) in [4.78, 5) is 21.7. The van der Waals surface area contributed by atoms with Gasteiger partial charge < -0.3 is 9.47 Å². The largest absolute Gasteiger partial charge is 0.496 e. The summed E-state index contributed by atoms with van der Waals surface area (Å²) in [6.07, 6.45) is 8.11. The minimum Gasteiger partial charge on any atom is -0.496 e. The number of fused-ring (bicyclic) bond motifs is 3. The molecule has 0 bridgehead atoms. The second kappa shape index (κ2) is 11.2. The van der Waals surface area contributed by atoms with Gasteiger partial charge in [0.15, 0.2) is 0 Å². The van der Waals surface area contributed by atoms with Crippen LogP contribution in [0.1, 0.15) is 46.9 Å². The van der Waals surface area contributed by atoms with Crippen LogP contribution in [0.3, 0.4) is 0 Å². The van der Waals surface area contributed by atoms with Gasteiger partial charge in [0.1, 0.15) is 11.6 Å². The van der Waals surface area contributed by atoms with E-state index in [4.69, 9.17) is 24.5 Å². The van der Waals surface area contributed by atoms with Gasteiger partial charge in [-0.15, -0.1) is 0 Å². The van der Waals surface area contributed by atoms with Crippen LogP contribution in [-0.2, 0) is 37.6 Å². The number of hydrogen-bond donors (Lipinski definition) is 0. The number of aryl methyl sites for hydroxylation is 3. The number of methoxy groups -OCH3 is 2. The maximum absolute atomic E-state index is 12.0. The Hall–Kier alpha value is -4.79. The van der Waals surface area contributed by atoms with E-state index in [1.54, 1.807) is 19.2 Å². The molecule has 0 atom stereocenters. The summed E-state index contributed by atoms with van der Waals surface area (Å²) in [5, 5.41) is 9.42. The van der Waals surface area contributed by atoms with Crippen LogP contribution in [0.25, 0.3) is 33.6 Å². The molecule has 0 fully saturated rings. The van der Waals surface area contributed by atoms with Crippen molar-refractivity contribution in [1.29, 1.82) is 0 Å². The van der Waals surface area contributed by atoms with Crippen LogP contribution in [0, 0.1) is 5.92 Å². The predicted molar refractivity (Wildman–Crippen MR) is 160 cm³/mol. The molecule has 0 amide bonds. The smallest absolute Gasteiger partial charge is 0.337 e. The average molecular weight is 563 g/mol. The monoisotopic (exact) mass is 562 g/mol. The van der Waals surface area contributed by atoms with Gasteiger partial charge in [-0.05, 0) is 42.0 Å². The number of carbonyl (C=O) groups is 1. The van der Waals surface area contributed by atoms with Crippen molar-refractivity contribution >= 4 is 5.97 Å². The highest BCUT2D eigenvalue weighted by molar-refractivity contribution is 5.90. The summed E-state index contributed by atoms with van der Waals surface area (Å²) >= 11 is 0. The normalized spacial score (nSPS) is 12.2. The van der Waals surface area contributed by atoms with Crippen molar-refractivity contribution in [3.8, 4) is 39.4 Å². The van der Waals surface area contributed by atoms with Crippen molar-refractivity contribution < 1.29 is 14.3 Å². The Bertz CT molecular complexity index is 1770. The number of esters is 1. The van der Waals surface area contributed by atoms with Gasteiger partial charge in [0.25, 0.3) is 0 Å². The van der Waals surface area contributed by atoms with E-state index in [0.29, 0.717) is 29.5 Å². The summed E-state index contributed by atoms with van der Waals surface area (Å²) in [6.45, 7) is 5.28. The fourth-order valence-corrected chi connectivity index (χ4v) is 5.63. The first-order valence-electron chi connectivity index (χ1n) is 14.1. The molecule has 0 unspecified atom stereocenters. The van der Waals surface area contributed by atoms with Crippen molar-refractivity contribution in [2.24, 2.45) is 13.0 Å². The van der Waals surface area contributed by atoms with Gasteiger partial charge in [0, 0.05) is 54.7 Å². The Balaban J connectivity index is 1.33. The number of aromatic nitrogens is 6. The minimum absolute atomic E-state index is 0.407. The Labute approximate surface area is 245 Å². The lowest BCUT2D eigenvalue weighted by Crippen LogP contribution is -2.09. The second-order valence-electron chi connectivity index (χ2n) is 11.1. The molecule has 9 nitrogen and oxygen atoms in total. The molecule has 3 heterocycles. The highest BCUT2D eigenvalue weighted by Gasteiger charge is 2.27. The number of hydrogen-bond acceptors (Lipinski definition) is 7. The van der Waals surface area contributed by atoms with Crippen molar-refractivity contribution in [3.05, 3.63) is 89.3 Å². The zero-order valence-corrected chi connectivity index (χ0v) is 24.6. The molecule has 1 aliphatic rings. The summed E-state index contributed by atoms with van der Waals surface area (Å²) in [6, 6.07) is 13.9. The van der Waals surface area contributed by atoms with E-state index in [1.165, 1.54) is 7.11 Å². The van der Waals surface area contributed by atoms with Crippen molar-refractivity contribution in [3.63, 3.8) is 0 Å². The SMILES string of the molecule is COC(=O)c1ccc(Cc2ncc3c(n2)-c2c(nn(C)c2-c2ccc(-c4cnn(CC(C)C)c4)cc2)CC3)c(OC)c1. The van der Waals surface area contributed by atoms with Crippen molar-refractivity contribution in [1.82, 2.24) is 29.5 Å². The van der Waals surface area contributed by atoms with Crippen molar-refractivity contribution in [2.45, 2.75) is 39.7 Å². The molecule has 214 valence electrons. The summed E-state index contributed by atoms with van der Waals surface area (Å²) < 4.78 is 14.4. The molecule has 6 rings (SSSR count). The predicted octanol–water partition coefficient (Wildman–Crippen LogP) is 5.55. The van der Waals surface area contributed by atoms with E-state index in [9.17, 15) is 4.79 Å². The van der Waals surface area contributed by atoms with E-state index in [-0.39, 0.29) is 0 Å². The standard InChI is InChI=1S/C33H34N6O3/c1-20(2)18-39-19-26(17-35-39)21-6-8-22(9-7-21)32-30-27(37-38(32)3)13-12-25-16-34-29(36-31(25)30)15-23-10-11-24(33(40)42-5)14-28(23)41-4/h6-11,14,16-17,19-20H,12-13,15,18H2,1-5H3. The fourth-order valence-electron chi connectivity index (χ4n) is 5.63. The Kier molecular flexibility index (Phi) is 7.33. The molecule has 0 N–H and O–H groups in total. The third kappa shape index (κ3) is 5.18. The number of carbonyl (C=O) groups excluding carboxylic acids is 1. The molecule has 9 heteroatoms. The van der Waals surface area contributed by atoms with E-state index in [2.05, 4.69) is 49.4 Å². The molecule has 0 radical (unpaired) electrons. The zero-order chi connectivity index (χ0) is 29.4. The molecule has 0 spiro atoms. The van der Waals surface area contributed by atoms with Gasteiger partial charge in [0.05, 0.1) is 43.1 Å². The van der Waals surface area contributed by atoms with Gasteiger partial charge in [-0.2, -0.15) is 10.2 Å². The third-order valence-electron chi connectivity index (χ3n) is 7.64. The van der Waals surface area contributed by atoms with Gasteiger partial charge >= 0.3 is 5.97 Å². The van der Waals surface area contributed by atoms with Crippen LogP contribution in [0.2, 0.25) is 0 Å². The number of ether oxygens (including phenoxy) is 2. The molecule has 0 saturated heterocycles. The molecule has 0 saturated carbocycles. The second-order valence-corrected chi connectivity index (χ2v) is 11.1. The van der Waals surface area contributed by atoms with E-state index < -0.39 is 5.97 Å². The lowest BCUT2D eigenvalue weighted by molar-refractivity contribution is 0.0600. The first kappa shape index (κ1) is 27.4. The lowest BCUT2D eigenvalue weighted by Gasteiger charge is -2.17. The lowest BCUT2D eigenvalue weighted by atomic mass is 9.91. The minimum atomic E-state index is -0.407. The van der Waals surface area contributed by atoms with Crippen molar-refractivity contribution in [2.75, 3.05) is 14.2 Å². The summed E-state index contributed by atoms with van der Waals surface area (Å²) in [5.74, 6) is 1.40. The Morgan fingerprint density at radius 2 is 1.79 bits per heavy atom. The van der Waals surface area contributed by atoms with Gasteiger partial charge in [-0.25, -0.2) is 14.8 Å². The van der Waals surface area contributed by atoms with Gasteiger partial charge in [-0.1, -0.05) is 44.2 Å². The van der Waals surface area contributed by atoms with Crippen LogP contribution in [0.4, 0.5) is 0 Å². The Morgan fingerprint density at radius 3 is 2.52 bits per heavy atom. The first-order valence-corrected chi connectivity index (χ1v) is 14.1. The van der Waals surface area contributed by atoms with Gasteiger partial charge in [0.2, 0.25) is 0 Å². The first-order chi connectivity index (χ1) is 20.3. The highest BCUT2D eigenvalue weighted by Crippen LogP contribution is 2.40. The molecule has 3 aromatic heterocycles. The van der Waals surface area contributed by atoms with E-state index in [0.717, 1.165) is 69.8 Å². The maximum atomic E-state index is 12.0. The van der Waals surface area contributed by atoms with E-state index >= 15 is 0 Å². The average Bonchev–Trinajstić information content (AvgIpc) is 3.60. The fraction of sp³-hybridized carbons (Fsp3) is 0.303. The number of rotatable bonds is 8. The van der Waals surface area contributed by atoms with Crippen LogP contribution in [0.15, 0.2) is 61.1 Å². The maximum Gasteiger partial charge on any atom is 0.337 e.